The molecule has 0 bridgehead atoms. The summed E-state index contributed by atoms with van der Waals surface area (Å²) in [5.74, 6) is 0. The van der Waals surface area contributed by atoms with Gasteiger partial charge in [0.25, 0.3) is 0 Å². The van der Waals surface area contributed by atoms with Gasteiger partial charge in [0.05, 0.1) is 11.8 Å². The Labute approximate surface area is 57.2 Å². The second-order valence-corrected chi connectivity index (χ2v) is 1.84. The second-order valence-electron chi connectivity index (χ2n) is 1.84. The molecule has 0 aliphatic rings. The van der Waals surface area contributed by atoms with Crippen molar-refractivity contribution < 1.29 is 0 Å². The molecule has 0 amide bonds. The van der Waals surface area contributed by atoms with Gasteiger partial charge in [-0.2, -0.15) is 5.26 Å². The molecule has 10 heavy (non-hydrogen) atoms. The molecule has 0 fully saturated rings. The topological polar surface area (TPSA) is 69.5 Å². The van der Waals surface area contributed by atoms with E-state index in [0.29, 0.717) is 11.3 Å². The number of H-pyrrole nitrogens is 1. The molecule has 1 N–H and O–H groups in total. The Morgan fingerprint density at radius 3 is 3.00 bits per heavy atom. The van der Waals surface area contributed by atoms with Crippen molar-refractivity contribution in [3.63, 3.8) is 0 Å². The Balaban J connectivity index is 3.37. The van der Waals surface area contributed by atoms with Crippen LogP contribution in [0.2, 0.25) is 0 Å². The first-order valence-electron chi connectivity index (χ1n) is 2.70. The Morgan fingerprint density at radius 2 is 2.50 bits per heavy atom. The number of aromatic amines is 1. The van der Waals surface area contributed by atoms with E-state index in [2.05, 4.69) is 9.97 Å². The number of hydrogen-bond donors (Lipinski definition) is 1. The highest BCUT2D eigenvalue weighted by atomic mass is 16.1. The smallest absolute Gasteiger partial charge is 0.309 e. The predicted octanol–water partition coefficient (Wildman–Crippen LogP) is -0.0500. The number of aromatic nitrogens is 2. The van der Waals surface area contributed by atoms with Crippen LogP contribution in [-0.4, -0.2) is 9.97 Å². The SMILES string of the molecule is Cc1[nH]c(=O)ncc1C#N. The summed E-state index contributed by atoms with van der Waals surface area (Å²) in [6.45, 7) is 1.65. The molecule has 1 heterocycles. The minimum atomic E-state index is -0.420. The average molecular weight is 135 g/mol. The van der Waals surface area contributed by atoms with Crippen molar-refractivity contribution >= 4 is 0 Å². The highest BCUT2D eigenvalue weighted by Gasteiger charge is 1.95. The predicted molar refractivity (Wildman–Crippen MR) is 34.3 cm³/mol. The Kier molecular flexibility index (Phi) is 1.50. The van der Waals surface area contributed by atoms with E-state index in [0.717, 1.165) is 0 Å². The van der Waals surface area contributed by atoms with Gasteiger partial charge >= 0.3 is 5.69 Å². The van der Waals surface area contributed by atoms with Crippen molar-refractivity contribution in [3.05, 3.63) is 27.9 Å². The van der Waals surface area contributed by atoms with E-state index in [1.54, 1.807) is 6.92 Å². The molecule has 1 aromatic heterocycles. The fourth-order valence-electron chi connectivity index (χ4n) is 0.593. The maximum absolute atomic E-state index is 10.5. The monoisotopic (exact) mass is 135 g/mol. The van der Waals surface area contributed by atoms with Gasteiger partial charge in [0.1, 0.15) is 6.07 Å². The fraction of sp³-hybridized carbons (Fsp3) is 0.167. The van der Waals surface area contributed by atoms with E-state index >= 15 is 0 Å². The normalized spacial score (nSPS) is 8.80. The number of aryl methyl sites for hydroxylation is 1. The van der Waals surface area contributed by atoms with Gasteiger partial charge in [0, 0.05) is 5.69 Å². The van der Waals surface area contributed by atoms with E-state index in [9.17, 15) is 4.79 Å². The summed E-state index contributed by atoms with van der Waals surface area (Å²) in [4.78, 5) is 16.3. The van der Waals surface area contributed by atoms with Gasteiger partial charge in [-0.15, -0.1) is 0 Å². The first-order valence-corrected chi connectivity index (χ1v) is 2.70. The maximum atomic E-state index is 10.5. The summed E-state index contributed by atoms with van der Waals surface area (Å²) >= 11 is 0. The number of hydrogen-bond acceptors (Lipinski definition) is 3. The minimum Gasteiger partial charge on any atom is -0.309 e. The summed E-state index contributed by atoms with van der Waals surface area (Å²) in [7, 11) is 0. The van der Waals surface area contributed by atoms with Gasteiger partial charge in [-0.1, -0.05) is 0 Å². The largest absolute Gasteiger partial charge is 0.345 e. The molecule has 50 valence electrons. The molecule has 0 aliphatic carbocycles. The van der Waals surface area contributed by atoms with Crippen LogP contribution in [0.1, 0.15) is 11.3 Å². The van der Waals surface area contributed by atoms with E-state index in [4.69, 9.17) is 5.26 Å². The number of nitrogens with zero attached hydrogens (tertiary/aromatic N) is 2. The van der Waals surface area contributed by atoms with Gasteiger partial charge in [-0.3, -0.25) is 0 Å². The summed E-state index contributed by atoms with van der Waals surface area (Å²) in [5.41, 5.74) is 0.540. The molecule has 4 heteroatoms. The fourth-order valence-corrected chi connectivity index (χ4v) is 0.593. The first-order chi connectivity index (χ1) is 4.74. The molecule has 0 saturated carbocycles. The molecule has 0 unspecified atom stereocenters. The van der Waals surface area contributed by atoms with Gasteiger partial charge in [0.2, 0.25) is 0 Å². The van der Waals surface area contributed by atoms with Crippen LogP contribution in [-0.2, 0) is 0 Å². The zero-order valence-electron chi connectivity index (χ0n) is 5.38. The van der Waals surface area contributed by atoms with Crippen molar-refractivity contribution in [2.24, 2.45) is 0 Å². The van der Waals surface area contributed by atoms with Crippen molar-refractivity contribution in [1.29, 1.82) is 5.26 Å². The summed E-state index contributed by atoms with van der Waals surface area (Å²) in [6, 6.07) is 1.89. The zero-order valence-corrected chi connectivity index (χ0v) is 5.38. The van der Waals surface area contributed by atoms with E-state index < -0.39 is 5.69 Å². The minimum absolute atomic E-state index is 0.402. The van der Waals surface area contributed by atoms with E-state index in [1.165, 1.54) is 6.20 Å². The van der Waals surface area contributed by atoms with Crippen LogP contribution in [0.5, 0.6) is 0 Å². The maximum Gasteiger partial charge on any atom is 0.345 e. The molecule has 4 nitrogen and oxygen atoms in total. The quantitative estimate of drug-likeness (QED) is 0.542. The third kappa shape index (κ3) is 1.03. The molecule has 0 spiro atoms. The highest BCUT2D eigenvalue weighted by molar-refractivity contribution is 5.28. The van der Waals surface area contributed by atoms with Crippen molar-refractivity contribution in [3.8, 4) is 6.07 Å². The van der Waals surface area contributed by atoms with Crippen LogP contribution >= 0.6 is 0 Å². The second kappa shape index (κ2) is 2.31. The number of nitrogens with one attached hydrogen (secondary N) is 1. The lowest BCUT2D eigenvalue weighted by atomic mass is 10.3. The van der Waals surface area contributed by atoms with Crippen LogP contribution in [0.4, 0.5) is 0 Å². The lowest BCUT2D eigenvalue weighted by Gasteiger charge is -1.90. The van der Waals surface area contributed by atoms with Crippen molar-refractivity contribution in [2.75, 3.05) is 0 Å². The molecule has 0 aliphatic heterocycles. The van der Waals surface area contributed by atoms with E-state index in [-0.39, 0.29) is 0 Å². The summed E-state index contributed by atoms with van der Waals surface area (Å²) in [6.07, 6.45) is 1.26. The Morgan fingerprint density at radius 1 is 1.80 bits per heavy atom. The van der Waals surface area contributed by atoms with Gasteiger partial charge in [-0.25, -0.2) is 9.78 Å². The first kappa shape index (κ1) is 6.49. The Hall–Kier alpha value is -1.63. The van der Waals surface area contributed by atoms with Crippen molar-refractivity contribution in [1.82, 2.24) is 9.97 Å². The summed E-state index contributed by atoms with van der Waals surface area (Å²) < 4.78 is 0. The molecule has 1 rings (SSSR count). The number of rotatable bonds is 0. The molecular formula is C6H5N3O. The molecule has 0 saturated heterocycles. The summed E-state index contributed by atoms with van der Waals surface area (Å²) in [5, 5.41) is 8.40. The van der Waals surface area contributed by atoms with Crippen LogP contribution in [0.25, 0.3) is 0 Å². The lowest BCUT2D eigenvalue weighted by molar-refractivity contribution is 1.01. The van der Waals surface area contributed by atoms with E-state index in [1.807, 2.05) is 6.07 Å². The highest BCUT2D eigenvalue weighted by Crippen LogP contribution is 1.94. The lowest BCUT2D eigenvalue weighted by Crippen LogP contribution is -2.11. The third-order valence-electron chi connectivity index (χ3n) is 1.13. The molecule has 0 radical (unpaired) electrons. The Bertz CT molecular complexity index is 334. The molecule has 0 aromatic carbocycles. The standard InChI is InChI=1S/C6H5N3O/c1-4-5(2-7)3-8-6(10)9-4/h3H,1H3,(H,8,9,10). The third-order valence-corrected chi connectivity index (χ3v) is 1.13. The van der Waals surface area contributed by atoms with Gasteiger partial charge in [-0.05, 0) is 6.92 Å². The average Bonchev–Trinajstić information content (AvgIpc) is 1.88. The van der Waals surface area contributed by atoms with Gasteiger partial charge in [0.15, 0.2) is 0 Å². The molecule has 0 atom stereocenters. The number of nitriles is 1. The molecular weight excluding hydrogens is 130 g/mol. The van der Waals surface area contributed by atoms with Crippen LogP contribution in [0, 0.1) is 18.3 Å². The van der Waals surface area contributed by atoms with Crippen LogP contribution in [0.3, 0.4) is 0 Å². The zero-order chi connectivity index (χ0) is 7.56. The van der Waals surface area contributed by atoms with Crippen molar-refractivity contribution in [2.45, 2.75) is 6.92 Å². The molecule has 1 aromatic rings. The van der Waals surface area contributed by atoms with Crippen LogP contribution in [0.15, 0.2) is 11.0 Å². The van der Waals surface area contributed by atoms with Gasteiger partial charge < -0.3 is 4.98 Å². The van der Waals surface area contributed by atoms with Crippen LogP contribution < -0.4 is 5.69 Å².